The number of hydrogen-bond donors (Lipinski definition) is 3. The van der Waals surface area contributed by atoms with Crippen LogP contribution in [-0.4, -0.2) is 58.7 Å². The molecular formula is C25H27ClN6O3. The molecule has 1 aliphatic rings. The minimum Gasteiger partial charge on any atom is -0.484 e. The van der Waals surface area contributed by atoms with Gasteiger partial charge in [0.2, 0.25) is 0 Å². The second kappa shape index (κ2) is 9.97. The van der Waals surface area contributed by atoms with Crippen LogP contribution in [0, 0.1) is 6.92 Å². The van der Waals surface area contributed by atoms with E-state index in [1.807, 2.05) is 24.3 Å². The van der Waals surface area contributed by atoms with E-state index < -0.39 is 0 Å². The summed E-state index contributed by atoms with van der Waals surface area (Å²) >= 11 is 6.53. The van der Waals surface area contributed by atoms with Crippen molar-refractivity contribution in [2.45, 2.75) is 25.8 Å². The number of halogens is 1. The van der Waals surface area contributed by atoms with E-state index in [1.54, 1.807) is 19.2 Å². The Morgan fingerprint density at radius 1 is 1.26 bits per heavy atom. The second-order valence-electron chi connectivity index (χ2n) is 8.83. The Hall–Kier alpha value is -3.56. The molecule has 0 spiro atoms. The molecule has 3 aromatic heterocycles. The highest BCUT2D eigenvalue weighted by molar-refractivity contribution is 6.34. The third kappa shape index (κ3) is 5.41. The van der Waals surface area contributed by atoms with Crippen molar-refractivity contribution in [2.75, 3.05) is 37.4 Å². The number of ether oxygens (including phenoxy) is 1. The van der Waals surface area contributed by atoms with Gasteiger partial charge in [0.05, 0.1) is 16.9 Å². The first-order chi connectivity index (χ1) is 16.9. The number of hydrogen-bond acceptors (Lipinski definition) is 7. The average Bonchev–Trinajstić information content (AvgIpc) is 3.47. The number of pyridine rings is 1. The van der Waals surface area contributed by atoms with Crippen molar-refractivity contribution in [2.24, 2.45) is 0 Å². The maximum absolute atomic E-state index is 12.1. The van der Waals surface area contributed by atoms with Crippen molar-refractivity contribution in [3.05, 3.63) is 53.4 Å². The lowest BCUT2D eigenvalue weighted by molar-refractivity contribution is -0.118. The van der Waals surface area contributed by atoms with Crippen LogP contribution >= 0.6 is 11.6 Å². The van der Waals surface area contributed by atoms with Gasteiger partial charge in [0.15, 0.2) is 12.4 Å². The number of likely N-dealkylation sites (tertiary alicyclic amines) is 1. The molecule has 0 aliphatic carbocycles. The number of rotatable bonds is 7. The summed E-state index contributed by atoms with van der Waals surface area (Å²) in [7, 11) is 2.15. The number of carbonyl (C=O) groups excluding carboxylic acids is 1. The smallest absolute Gasteiger partial charge is 0.263 e. The summed E-state index contributed by atoms with van der Waals surface area (Å²) in [5.74, 6) is 1.26. The number of aromatic nitrogens is 3. The van der Waals surface area contributed by atoms with Gasteiger partial charge in [0.25, 0.3) is 5.91 Å². The molecule has 0 radical (unpaired) electrons. The van der Waals surface area contributed by atoms with Gasteiger partial charge in [-0.2, -0.15) is 0 Å². The first-order valence-corrected chi connectivity index (χ1v) is 11.9. The largest absolute Gasteiger partial charge is 0.484 e. The van der Waals surface area contributed by atoms with Gasteiger partial charge < -0.3 is 29.8 Å². The molecule has 10 heteroatoms. The fraction of sp³-hybridized carbons (Fsp3) is 0.320. The van der Waals surface area contributed by atoms with Crippen LogP contribution in [0.25, 0.3) is 22.3 Å². The standard InChI is InChI=1S/C25H27ClN6O3/c1-15-11-22(31-35-15)30-23(33)14-34-18-5-3-16(4-6-18)21-12-19-24(20(26)13-27-25(19)29-21)28-17-7-9-32(2)10-8-17/h3-6,11-13,17H,7-10,14H2,1-2H3,(H2,27,28,29)(H,30,31,33). The molecule has 35 heavy (non-hydrogen) atoms. The molecule has 0 saturated carbocycles. The maximum atomic E-state index is 12.1. The Labute approximate surface area is 207 Å². The maximum Gasteiger partial charge on any atom is 0.263 e. The van der Waals surface area contributed by atoms with Crippen LogP contribution in [-0.2, 0) is 4.79 Å². The van der Waals surface area contributed by atoms with Gasteiger partial charge in [-0.3, -0.25) is 4.79 Å². The molecular weight excluding hydrogens is 468 g/mol. The number of anilines is 2. The first kappa shape index (κ1) is 23.2. The summed E-state index contributed by atoms with van der Waals surface area (Å²) in [4.78, 5) is 22.3. The van der Waals surface area contributed by atoms with Crippen LogP contribution in [0.5, 0.6) is 5.75 Å². The molecule has 0 atom stereocenters. The molecule has 4 aromatic rings. The number of nitrogens with one attached hydrogen (secondary N) is 3. The summed E-state index contributed by atoms with van der Waals surface area (Å²) in [6.45, 7) is 3.76. The van der Waals surface area contributed by atoms with Crippen LogP contribution in [0.2, 0.25) is 5.02 Å². The van der Waals surface area contributed by atoms with Gasteiger partial charge in [-0.25, -0.2) is 4.98 Å². The van der Waals surface area contributed by atoms with Crippen LogP contribution in [0.3, 0.4) is 0 Å². The van der Waals surface area contributed by atoms with E-state index in [2.05, 4.69) is 43.8 Å². The normalized spacial score (nSPS) is 14.8. The molecule has 1 saturated heterocycles. The van der Waals surface area contributed by atoms with Crippen molar-refractivity contribution in [3.63, 3.8) is 0 Å². The van der Waals surface area contributed by atoms with Gasteiger partial charge in [0, 0.05) is 23.2 Å². The van der Waals surface area contributed by atoms with E-state index in [0.29, 0.717) is 28.4 Å². The zero-order valence-electron chi connectivity index (χ0n) is 19.6. The van der Waals surface area contributed by atoms with Crippen molar-refractivity contribution < 1.29 is 14.1 Å². The summed E-state index contributed by atoms with van der Waals surface area (Å²) in [5, 5.41) is 11.6. The van der Waals surface area contributed by atoms with E-state index in [4.69, 9.17) is 20.9 Å². The van der Waals surface area contributed by atoms with Gasteiger partial charge in [-0.15, -0.1) is 0 Å². The lowest BCUT2D eigenvalue weighted by atomic mass is 10.0. The average molecular weight is 495 g/mol. The summed E-state index contributed by atoms with van der Waals surface area (Å²) in [6.07, 6.45) is 3.83. The highest BCUT2D eigenvalue weighted by Crippen LogP contribution is 2.34. The Kier molecular flexibility index (Phi) is 6.61. The fourth-order valence-corrected chi connectivity index (χ4v) is 4.40. The summed E-state index contributed by atoms with van der Waals surface area (Å²) in [5.41, 5.74) is 3.59. The predicted octanol–water partition coefficient (Wildman–Crippen LogP) is 4.70. The second-order valence-corrected chi connectivity index (χ2v) is 9.24. The molecule has 1 aromatic carbocycles. The molecule has 1 amide bonds. The number of H-pyrrole nitrogens is 1. The fourth-order valence-electron chi connectivity index (χ4n) is 4.19. The van der Waals surface area contributed by atoms with E-state index in [0.717, 1.165) is 53.9 Å². The zero-order chi connectivity index (χ0) is 24.4. The molecule has 0 bridgehead atoms. The number of carbonyl (C=O) groups is 1. The zero-order valence-corrected chi connectivity index (χ0v) is 20.4. The third-order valence-corrected chi connectivity index (χ3v) is 6.40. The van der Waals surface area contributed by atoms with Crippen molar-refractivity contribution in [1.82, 2.24) is 20.0 Å². The van der Waals surface area contributed by atoms with E-state index in [9.17, 15) is 4.79 Å². The minimum absolute atomic E-state index is 0.133. The highest BCUT2D eigenvalue weighted by Gasteiger charge is 2.20. The lowest BCUT2D eigenvalue weighted by Gasteiger charge is -2.30. The Bertz CT molecular complexity index is 1320. The number of fused-ring (bicyclic) bond motifs is 1. The number of aromatic amines is 1. The van der Waals surface area contributed by atoms with Gasteiger partial charge in [-0.05, 0) is 75.8 Å². The SMILES string of the molecule is Cc1cc(NC(=O)COc2ccc(-c3cc4c(NC5CCN(C)CC5)c(Cl)cnc4[nH]3)cc2)no1. The lowest BCUT2D eigenvalue weighted by Crippen LogP contribution is -2.36. The summed E-state index contributed by atoms with van der Waals surface area (Å²) in [6, 6.07) is 11.6. The number of aryl methyl sites for hydroxylation is 1. The molecule has 0 unspecified atom stereocenters. The van der Waals surface area contributed by atoms with E-state index in [1.165, 1.54) is 0 Å². The molecule has 1 fully saturated rings. The predicted molar refractivity (Wildman–Crippen MR) is 136 cm³/mol. The highest BCUT2D eigenvalue weighted by atomic mass is 35.5. The first-order valence-electron chi connectivity index (χ1n) is 11.5. The molecule has 5 rings (SSSR count). The monoisotopic (exact) mass is 494 g/mol. The molecule has 4 heterocycles. The van der Waals surface area contributed by atoms with Crippen molar-refractivity contribution >= 4 is 40.0 Å². The van der Waals surface area contributed by atoms with Crippen LogP contribution < -0.4 is 15.4 Å². The third-order valence-electron chi connectivity index (χ3n) is 6.11. The van der Waals surface area contributed by atoms with Crippen LogP contribution in [0.15, 0.2) is 47.1 Å². The van der Waals surface area contributed by atoms with Crippen molar-refractivity contribution in [1.29, 1.82) is 0 Å². The van der Waals surface area contributed by atoms with E-state index >= 15 is 0 Å². The van der Waals surface area contributed by atoms with Crippen LogP contribution in [0.4, 0.5) is 11.5 Å². The minimum atomic E-state index is -0.314. The number of benzene rings is 1. The van der Waals surface area contributed by atoms with Crippen molar-refractivity contribution in [3.8, 4) is 17.0 Å². The van der Waals surface area contributed by atoms with Gasteiger partial charge in [0.1, 0.15) is 17.2 Å². The quantitative estimate of drug-likeness (QED) is 0.341. The van der Waals surface area contributed by atoms with E-state index in [-0.39, 0.29) is 12.5 Å². The molecule has 3 N–H and O–H groups in total. The molecule has 9 nitrogen and oxygen atoms in total. The molecule has 1 aliphatic heterocycles. The number of piperidine rings is 1. The van der Waals surface area contributed by atoms with Gasteiger partial charge in [-0.1, -0.05) is 16.8 Å². The number of amides is 1. The van der Waals surface area contributed by atoms with Gasteiger partial charge >= 0.3 is 0 Å². The number of nitrogens with zero attached hydrogens (tertiary/aromatic N) is 3. The topological polar surface area (TPSA) is 108 Å². The summed E-state index contributed by atoms with van der Waals surface area (Å²) < 4.78 is 10.5. The Balaban J connectivity index is 1.26. The van der Waals surface area contributed by atoms with Crippen LogP contribution in [0.1, 0.15) is 18.6 Å². The Morgan fingerprint density at radius 2 is 2.03 bits per heavy atom. The molecule has 182 valence electrons. The Morgan fingerprint density at radius 3 is 2.74 bits per heavy atom.